The number of rotatable bonds is 11. The molecule has 0 aliphatic carbocycles. The lowest BCUT2D eigenvalue weighted by molar-refractivity contribution is -0.182. The van der Waals surface area contributed by atoms with Gasteiger partial charge >= 0.3 is 8.56 Å². The quantitative estimate of drug-likeness (QED) is 0.385. The molecule has 0 bridgehead atoms. The van der Waals surface area contributed by atoms with Crippen molar-refractivity contribution in [3.8, 4) is 0 Å². The van der Waals surface area contributed by atoms with E-state index in [0.717, 1.165) is 30.9 Å². The number of ether oxygens (including phenoxy) is 2. The first-order chi connectivity index (χ1) is 13.1. The van der Waals surface area contributed by atoms with Crippen molar-refractivity contribution in [3.63, 3.8) is 0 Å². The van der Waals surface area contributed by atoms with Gasteiger partial charge in [-0.2, -0.15) is 0 Å². The van der Waals surface area contributed by atoms with Crippen LogP contribution in [0.3, 0.4) is 0 Å². The lowest BCUT2D eigenvalue weighted by Crippen LogP contribution is -2.76. The molecular weight excluding hydrogens is 356 g/mol. The molecule has 1 heterocycles. The van der Waals surface area contributed by atoms with Crippen molar-refractivity contribution >= 4 is 8.56 Å². The molecule has 1 aliphatic heterocycles. The molecule has 2 unspecified atom stereocenters. The molecule has 0 spiro atoms. The minimum atomic E-state index is -2.70. The molecule has 27 heavy (non-hydrogen) atoms. The van der Waals surface area contributed by atoms with Crippen LogP contribution in [0.4, 0.5) is 0 Å². The lowest BCUT2D eigenvalue weighted by atomic mass is 9.87. The predicted molar refractivity (Wildman–Crippen MR) is 112 cm³/mol. The molecule has 0 saturated carbocycles. The molecule has 0 radical (unpaired) electrons. The van der Waals surface area contributed by atoms with Crippen LogP contribution in [0.15, 0.2) is 43.0 Å². The topological polar surface area (TPSA) is 36.9 Å². The summed E-state index contributed by atoms with van der Waals surface area (Å²) in [4.78, 5) is 0. The van der Waals surface area contributed by atoms with Crippen molar-refractivity contribution in [1.29, 1.82) is 0 Å². The maximum atomic E-state index is 6.64. The van der Waals surface area contributed by atoms with Crippen LogP contribution in [0.1, 0.15) is 52.5 Å². The molecule has 5 heteroatoms. The highest BCUT2D eigenvalue weighted by molar-refractivity contribution is 6.71. The molecule has 2 rings (SSSR count). The zero-order chi connectivity index (χ0) is 19.8. The minimum absolute atomic E-state index is 0.518. The van der Waals surface area contributed by atoms with E-state index in [0.29, 0.717) is 26.4 Å². The first kappa shape index (κ1) is 22.3. The molecule has 1 aromatic rings. The Bertz CT molecular complexity index is 567. The maximum Gasteiger partial charge on any atom is 0.374 e. The van der Waals surface area contributed by atoms with Crippen molar-refractivity contribution in [2.24, 2.45) is 0 Å². The Balaban J connectivity index is 2.49. The molecule has 1 fully saturated rings. The minimum Gasteiger partial charge on any atom is -0.393 e. The standard InChI is InChI=1S/C22H36O4Si/c1-6-21(24-19-20-15-12-11-13-16-20)17-14-18-27(25-9-4,26-10-5)22(21,7-2)23-8-3/h6,11-13,15-16H,1,7-10,14,17-19H2,2-5H3. The van der Waals surface area contributed by atoms with Crippen LogP contribution in [0, 0.1) is 0 Å². The van der Waals surface area contributed by atoms with E-state index < -0.39 is 19.4 Å². The van der Waals surface area contributed by atoms with E-state index in [1.807, 2.05) is 45.0 Å². The summed E-state index contributed by atoms with van der Waals surface area (Å²) in [7, 11) is -2.70. The van der Waals surface area contributed by atoms with Gasteiger partial charge in [0.25, 0.3) is 0 Å². The van der Waals surface area contributed by atoms with Gasteiger partial charge in [0.05, 0.1) is 6.61 Å². The second-order valence-electron chi connectivity index (χ2n) is 6.95. The van der Waals surface area contributed by atoms with Crippen LogP contribution in [0.25, 0.3) is 0 Å². The molecule has 2 atom stereocenters. The summed E-state index contributed by atoms with van der Waals surface area (Å²) in [5.74, 6) is 0. The molecule has 0 aromatic heterocycles. The third kappa shape index (κ3) is 4.08. The van der Waals surface area contributed by atoms with Crippen molar-refractivity contribution in [2.75, 3.05) is 19.8 Å². The normalized spacial score (nSPS) is 27.4. The van der Waals surface area contributed by atoms with Crippen molar-refractivity contribution in [1.82, 2.24) is 0 Å². The molecule has 0 amide bonds. The summed E-state index contributed by atoms with van der Waals surface area (Å²) in [5.41, 5.74) is 0.522. The van der Waals surface area contributed by atoms with E-state index in [4.69, 9.17) is 18.3 Å². The van der Waals surface area contributed by atoms with Gasteiger partial charge in [-0.3, -0.25) is 0 Å². The van der Waals surface area contributed by atoms with Gasteiger partial charge in [-0.15, -0.1) is 6.58 Å². The third-order valence-corrected chi connectivity index (χ3v) is 10.3. The van der Waals surface area contributed by atoms with Crippen LogP contribution in [0.2, 0.25) is 6.04 Å². The SMILES string of the molecule is C=CC1(OCc2ccccc2)CCC[Si](OCC)(OCC)C1(CC)OCC. The molecule has 1 aliphatic rings. The number of hydrogen-bond acceptors (Lipinski definition) is 4. The first-order valence-corrected chi connectivity index (χ1v) is 12.3. The highest BCUT2D eigenvalue weighted by atomic mass is 28.4. The average Bonchev–Trinajstić information content (AvgIpc) is 2.70. The molecule has 1 aromatic carbocycles. The van der Waals surface area contributed by atoms with Crippen molar-refractivity contribution < 1.29 is 18.3 Å². The van der Waals surface area contributed by atoms with E-state index in [-0.39, 0.29) is 0 Å². The van der Waals surface area contributed by atoms with Gasteiger partial charge in [0, 0.05) is 19.8 Å². The summed E-state index contributed by atoms with van der Waals surface area (Å²) >= 11 is 0. The number of benzene rings is 1. The third-order valence-electron chi connectivity index (χ3n) is 5.67. The summed E-state index contributed by atoms with van der Waals surface area (Å²) < 4.78 is 26.1. The van der Waals surface area contributed by atoms with Gasteiger partial charge in [0.15, 0.2) is 0 Å². The van der Waals surface area contributed by atoms with Gasteiger partial charge in [0.2, 0.25) is 0 Å². The Labute approximate surface area is 166 Å². The van der Waals surface area contributed by atoms with Crippen LogP contribution < -0.4 is 0 Å². The van der Waals surface area contributed by atoms with E-state index >= 15 is 0 Å². The van der Waals surface area contributed by atoms with Crippen molar-refractivity contribution in [3.05, 3.63) is 48.6 Å². The van der Waals surface area contributed by atoms with Crippen LogP contribution >= 0.6 is 0 Å². The fourth-order valence-electron chi connectivity index (χ4n) is 4.65. The van der Waals surface area contributed by atoms with Gasteiger partial charge < -0.3 is 18.3 Å². The zero-order valence-corrected chi connectivity index (χ0v) is 18.5. The second-order valence-corrected chi connectivity index (χ2v) is 10.3. The average molecular weight is 393 g/mol. The van der Waals surface area contributed by atoms with Gasteiger partial charge in [-0.05, 0) is 51.6 Å². The first-order valence-electron chi connectivity index (χ1n) is 10.3. The van der Waals surface area contributed by atoms with E-state index in [9.17, 15) is 0 Å². The lowest BCUT2D eigenvalue weighted by Gasteiger charge is -2.58. The van der Waals surface area contributed by atoms with Crippen LogP contribution in [-0.2, 0) is 24.9 Å². The smallest absolute Gasteiger partial charge is 0.374 e. The fourth-order valence-corrected chi connectivity index (χ4v) is 9.31. The van der Waals surface area contributed by atoms with Gasteiger partial charge in [-0.25, -0.2) is 0 Å². The van der Waals surface area contributed by atoms with Crippen LogP contribution in [0.5, 0.6) is 0 Å². The van der Waals surface area contributed by atoms with Gasteiger partial charge in [0.1, 0.15) is 10.8 Å². The molecule has 152 valence electrons. The highest BCUT2D eigenvalue weighted by Gasteiger charge is 2.70. The molecular formula is C22H36O4Si. The monoisotopic (exact) mass is 392 g/mol. The van der Waals surface area contributed by atoms with E-state index in [2.05, 4.69) is 25.6 Å². The Morgan fingerprint density at radius 1 is 1.00 bits per heavy atom. The van der Waals surface area contributed by atoms with Gasteiger partial charge in [-0.1, -0.05) is 43.3 Å². The molecule has 0 N–H and O–H groups in total. The van der Waals surface area contributed by atoms with E-state index in [1.54, 1.807) is 0 Å². The second kappa shape index (κ2) is 9.98. The Kier molecular flexibility index (Phi) is 8.25. The highest BCUT2D eigenvalue weighted by Crippen LogP contribution is 2.51. The largest absolute Gasteiger partial charge is 0.393 e. The fraction of sp³-hybridized carbons (Fsp3) is 0.636. The van der Waals surface area contributed by atoms with Crippen LogP contribution in [-0.4, -0.2) is 39.2 Å². The zero-order valence-electron chi connectivity index (χ0n) is 17.5. The maximum absolute atomic E-state index is 6.64. The predicted octanol–water partition coefficient (Wildman–Crippen LogP) is 5.16. The van der Waals surface area contributed by atoms with Crippen molar-refractivity contribution in [2.45, 2.75) is 70.4 Å². The Hall–Kier alpha value is -0.983. The summed E-state index contributed by atoms with van der Waals surface area (Å²) in [6.07, 6.45) is 4.58. The van der Waals surface area contributed by atoms with E-state index in [1.165, 1.54) is 0 Å². The molecule has 1 saturated heterocycles. The summed E-state index contributed by atoms with van der Waals surface area (Å²) in [6.45, 7) is 14.8. The number of hydrogen-bond donors (Lipinski definition) is 0. The Morgan fingerprint density at radius 3 is 2.19 bits per heavy atom. The molecule has 4 nitrogen and oxygen atoms in total. The Morgan fingerprint density at radius 2 is 1.67 bits per heavy atom. The summed E-state index contributed by atoms with van der Waals surface area (Å²) in [5, 5.41) is -0.616. The summed E-state index contributed by atoms with van der Waals surface area (Å²) in [6, 6.07) is 11.2.